The Hall–Kier alpha value is -1.72. The Morgan fingerprint density at radius 3 is 2.83 bits per heavy atom. The van der Waals surface area contributed by atoms with Gasteiger partial charge >= 0.3 is 0 Å². The lowest BCUT2D eigenvalue weighted by atomic mass is 9.82. The molecule has 1 saturated heterocycles. The number of nitrogens with zero attached hydrogens (tertiary/aromatic N) is 1. The molecule has 30 heavy (non-hydrogen) atoms. The lowest BCUT2D eigenvalue weighted by Gasteiger charge is -2.39. The van der Waals surface area contributed by atoms with Gasteiger partial charge in [0.25, 0.3) is 0 Å². The predicted octanol–water partition coefficient (Wildman–Crippen LogP) is 4.89. The summed E-state index contributed by atoms with van der Waals surface area (Å²) in [6.07, 6.45) is 6.37. The van der Waals surface area contributed by atoms with Crippen molar-refractivity contribution in [2.24, 2.45) is 0 Å². The molecule has 2 heterocycles. The summed E-state index contributed by atoms with van der Waals surface area (Å²) in [5.74, 6) is -0.0472. The average molecular weight is 488 g/mol. The third kappa shape index (κ3) is 4.62. The number of ether oxygens (including phenoxy) is 1. The van der Waals surface area contributed by atoms with E-state index in [9.17, 15) is 10.1 Å². The number of fused-ring (bicyclic) bond motifs is 1. The number of carbonyl (C=O) groups excluding carboxylic acids is 1. The van der Waals surface area contributed by atoms with Crippen molar-refractivity contribution in [3.8, 4) is 6.07 Å². The second kappa shape index (κ2) is 9.61. The van der Waals surface area contributed by atoms with Gasteiger partial charge in [-0.1, -0.05) is 28.1 Å². The van der Waals surface area contributed by atoms with Crippen LogP contribution in [0.1, 0.15) is 53.7 Å². The molecule has 1 aromatic carbocycles. The summed E-state index contributed by atoms with van der Waals surface area (Å²) in [6, 6.07) is 10.7. The minimum Gasteiger partial charge on any atom is -0.381 e. The normalized spacial score (nSPS) is 17.7. The molecule has 7 heteroatoms. The molecular weight excluding hydrogens is 462 g/mol. The van der Waals surface area contributed by atoms with Gasteiger partial charge in [-0.2, -0.15) is 5.26 Å². The Balaban J connectivity index is 1.40. The fraction of sp³-hybridized carbons (Fsp3) is 0.478. The van der Waals surface area contributed by atoms with Crippen molar-refractivity contribution in [3.63, 3.8) is 0 Å². The summed E-state index contributed by atoms with van der Waals surface area (Å²) in [4.78, 5) is 13.9. The first-order valence-electron chi connectivity index (χ1n) is 10.5. The maximum absolute atomic E-state index is 12.6. The largest absolute Gasteiger partial charge is 0.381 e. The molecule has 0 saturated carbocycles. The van der Waals surface area contributed by atoms with E-state index < -0.39 is 0 Å². The molecule has 2 N–H and O–H groups in total. The summed E-state index contributed by atoms with van der Waals surface area (Å²) >= 11 is 5.15. The van der Waals surface area contributed by atoms with Gasteiger partial charge in [0, 0.05) is 41.1 Å². The van der Waals surface area contributed by atoms with Crippen molar-refractivity contribution in [1.82, 2.24) is 5.32 Å². The number of rotatable bonds is 6. The Labute approximate surface area is 189 Å². The molecule has 1 fully saturated rings. The van der Waals surface area contributed by atoms with E-state index in [1.165, 1.54) is 10.4 Å². The minimum absolute atomic E-state index is 0.0472. The molecule has 0 unspecified atom stereocenters. The third-order valence-corrected chi connectivity index (χ3v) is 7.78. The number of thiophene rings is 1. The van der Waals surface area contributed by atoms with Crippen LogP contribution < -0.4 is 10.6 Å². The first-order chi connectivity index (χ1) is 14.6. The van der Waals surface area contributed by atoms with Gasteiger partial charge in [-0.15, -0.1) is 11.3 Å². The van der Waals surface area contributed by atoms with Crippen molar-refractivity contribution in [3.05, 3.63) is 50.3 Å². The van der Waals surface area contributed by atoms with Crippen molar-refractivity contribution in [2.75, 3.05) is 25.1 Å². The van der Waals surface area contributed by atoms with E-state index >= 15 is 0 Å². The Kier molecular flexibility index (Phi) is 6.89. The van der Waals surface area contributed by atoms with Gasteiger partial charge in [0.1, 0.15) is 11.1 Å². The Morgan fingerprint density at radius 1 is 1.27 bits per heavy atom. The Morgan fingerprint density at radius 2 is 2.07 bits per heavy atom. The molecule has 1 amide bonds. The highest BCUT2D eigenvalue weighted by molar-refractivity contribution is 9.10. The topological polar surface area (TPSA) is 74.2 Å². The molecule has 0 spiro atoms. The van der Waals surface area contributed by atoms with Crippen LogP contribution in [-0.4, -0.2) is 25.7 Å². The lowest BCUT2D eigenvalue weighted by Crippen LogP contribution is -2.47. The molecule has 1 aromatic heterocycles. The maximum atomic E-state index is 12.6. The van der Waals surface area contributed by atoms with Crippen LogP contribution in [0.5, 0.6) is 0 Å². The van der Waals surface area contributed by atoms with Crippen LogP contribution in [0.3, 0.4) is 0 Å². The van der Waals surface area contributed by atoms with Crippen LogP contribution in [0.4, 0.5) is 5.00 Å². The molecule has 0 atom stereocenters. The summed E-state index contributed by atoms with van der Waals surface area (Å²) in [6.45, 7) is 1.99. The standard InChI is InChI=1S/C23H26BrN3O2S/c24-17-5-3-4-16(14-17)23(9-12-29-13-10-23)26-11-8-21(28)27-22-19(15-25)18-6-1-2-7-20(18)30-22/h3-5,14,26H,1-2,6-13H2,(H,27,28). The van der Waals surface area contributed by atoms with Crippen molar-refractivity contribution < 1.29 is 9.53 Å². The number of nitrogens with one attached hydrogen (secondary N) is 2. The third-order valence-electron chi connectivity index (χ3n) is 6.08. The quantitative estimate of drug-likeness (QED) is 0.608. The molecule has 0 bridgehead atoms. The highest BCUT2D eigenvalue weighted by Gasteiger charge is 2.34. The average Bonchev–Trinajstić information content (AvgIpc) is 3.11. The number of aryl methyl sites for hydroxylation is 1. The van der Waals surface area contributed by atoms with Crippen LogP contribution in [0.15, 0.2) is 28.7 Å². The highest BCUT2D eigenvalue weighted by Crippen LogP contribution is 2.38. The first kappa shape index (κ1) is 21.5. The minimum atomic E-state index is -0.178. The summed E-state index contributed by atoms with van der Waals surface area (Å²) in [5, 5.41) is 17.0. The molecule has 1 aliphatic carbocycles. The van der Waals surface area contributed by atoms with Crippen molar-refractivity contribution >= 4 is 38.2 Å². The van der Waals surface area contributed by atoms with Crippen LogP contribution >= 0.6 is 27.3 Å². The van der Waals surface area contributed by atoms with E-state index in [-0.39, 0.29) is 11.4 Å². The number of anilines is 1. The van der Waals surface area contributed by atoms with Gasteiger partial charge in [0.15, 0.2) is 0 Å². The molecule has 2 aliphatic rings. The Bertz CT molecular complexity index is 960. The molecule has 0 radical (unpaired) electrons. The smallest absolute Gasteiger partial charge is 0.226 e. The van der Waals surface area contributed by atoms with Gasteiger partial charge < -0.3 is 15.4 Å². The second-order valence-corrected chi connectivity index (χ2v) is 9.98. The van der Waals surface area contributed by atoms with Gasteiger partial charge in [-0.25, -0.2) is 0 Å². The molecular formula is C23H26BrN3O2S. The number of amides is 1. The van der Waals surface area contributed by atoms with Crippen molar-refractivity contribution in [2.45, 2.75) is 50.5 Å². The van der Waals surface area contributed by atoms with E-state index in [0.29, 0.717) is 31.7 Å². The monoisotopic (exact) mass is 487 g/mol. The molecule has 4 rings (SSSR count). The zero-order valence-corrected chi connectivity index (χ0v) is 19.3. The van der Waals surface area contributed by atoms with Gasteiger partial charge in [0.05, 0.1) is 5.56 Å². The number of benzene rings is 1. The maximum Gasteiger partial charge on any atom is 0.226 e. The summed E-state index contributed by atoms with van der Waals surface area (Å²) < 4.78 is 6.64. The SMILES string of the molecule is N#Cc1c(NC(=O)CCNC2(c3cccc(Br)c3)CCOCC2)sc2c1CCCC2. The summed E-state index contributed by atoms with van der Waals surface area (Å²) in [5.41, 5.74) is 2.87. The fourth-order valence-corrected chi connectivity index (χ4v) is 6.11. The van der Waals surface area contributed by atoms with E-state index in [1.807, 2.05) is 12.1 Å². The van der Waals surface area contributed by atoms with E-state index in [4.69, 9.17) is 4.74 Å². The predicted molar refractivity (Wildman–Crippen MR) is 123 cm³/mol. The molecule has 5 nitrogen and oxygen atoms in total. The fourth-order valence-electron chi connectivity index (χ4n) is 4.45. The van der Waals surface area contributed by atoms with Gasteiger partial charge in [-0.3, -0.25) is 4.79 Å². The van der Waals surface area contributed by atoms with Gasteiger partial charge in [0.2, 0.25) is 5.91 Å². The zero-order valence-electron chi connectivity index (χ0n) is 16.9. The number of nitriles is 1. The zero-order chi connectivity index (χ0) is 21.0. The van der Waals surface area contributed by atoms with E-state index in [1.54, 1.807) is 11.3 Å². The number of hydrogen-bond acceptors (Lipinski definition) is 5. The molecule has 158 valence electrons. The summed E-state index contributed by atoms with van der Waals surface area (Å²) in [7, 11) is 0. The first-order valence-corrected chi connectivity index (χ1v) is 12.2. The van der Waals surface area contributed by atoms with Crippen LogP contribution in [-0.2, 0) is 27.9 Å². The lowest BCUT2D eigenvalue weighted by molar-refractivity contribution is -0.116. The highest BCUT2D eigenvalue weighted by atomic mass is 79.9. The van der Waals surface area contributed by atoms with E-state index in [0.717, 1.165) is 53.6 Å². The number of halogens is 1. The van der Waals surface area contributed by atoms with Crippen molar-refractivity contribution in [1.29, 1.82) is 5.26 Å². The van der Waals surface area contributed by atoms with Crippen LogP contribution in [0, 0.1) is 11.3 Å². The van der Waals surface area contributed by atoms with Crippen LogP contribution in [0.2, 0.25) is 0 Å². The van der Waals surface area contributed by atoms with Crippen LogP contribution in [0.25, 0.3) is 0 Å². The number of carbonyl (C=O) groups is 1. The van der Waals surface area contributed by atoms with E-state index in [2.05, 4.69) is 44.8 Å². The molecule has 1 aliphatic heterocycles. The van der Waals surface area contributed by atoms with Gasteiger partial charge in [-0.05, 0) is 61.8 Å². The molecule has 2 aromatic rings. The second-order valence-electron chi connectivity index (χ2n) is 7.96. The number of hydrogen-bond donors (Lipinski definition) is 2.